The Kier molecular flexibility index (Phi) is 3.04. The van der Waals surface area contributed by atoms with Gasteiger partial charge < -0.3 is 10.5 Å². The molecule has 3 nitrogen and oxygen atoms in total. The largest absolute Gasteiger partial charge is 0.493 e. The van der Waals surface area contributed by atoms with Crippen LogP contribution in [0.25, 0.3) is 0 Å². The third-order valence-electron chi connectivity index (χ3n) is 4.37. The average Bonchev–Trinajstić information content (AvgIpc) is 2.69. The summed E-state index contributed by atoms with van der Waals surface area (Å²) in [5, 5.41) is 0. The van der Waals surface area contributed by atoms with Gasteiger partial charge in [0.15, 0.2) is 0 Å². The molecule has 3 rings (SSSR count). The van der Waals surface area contributed by atoms with Gasteiger partial charge in [-0.25, -0.2) is 0 Å². The molecule has 98 valence electrons. The lowest BCUT2D eigenvalue weighted by atomic mass is 9.91. The third kappa shape index (κ3) is 1.91. The van der Waals surface area contributed by atoms with E-state index in [4.69, 9.17) is 10.5 Å². The van der Waals surface area contributed by atoms with Gasteiger partial charge in [0.2, 0.25) is 0 Å². The lowest BCUT2D eigenvalue weighted by Gasteiger charge is -2.37. The van der Waals surface area contributed by atoms with Crippen LogP contribution in [0.1, 0.15) is 25.5 Å². The average molecular weight is 246 g/mol. The number of benzene rings is 1. The molecule has 1 aromatic carbocycles. The van der Waals surface area contributed by atoms with Crippen LogP contribution in [0.2, 0.25) is 0 Å². The van der Waals surface area contributed by atoms with Crippen LogP contribution in [-0.4, -0.2) is 30.6 Å². The van der Waals surface area contributed by atoms with Crippen molar-refractivity contribution in [1.82, 2.24) is 4.90 Å². The minimum Gasteiger partial charge on any atom is -0.493 e. The van der Waals surface area contributed by atoms with E-state index in [1.807, 2.05) is 6.07 Å². The molecule has 2 heterocycles. The molecule has 4 unspecified atom stereocenters. The molecule has 0 spiro atoms. The number of likely N-dealkylation sites (tertiary alicyclic amines) is 1. The molecule has 2 N–H and O–H groups in total. The van der Waals surface area contributed by atoms with Crippen LogP contribution in [0.15, 0.2) is 24.3 Å². The molecular formula is C15H22N2O. The minimum atomic E-state index is 0.312. The summed E-state index contributed by atoms with van der Waals surface area (Å²) in [5.41, 5.74) is 7.50. The van der Waals surface area contributed by atoms with Crippen molar-refractivity contribution < 1.29 is 4.74 Å². The zero-order valence-electron chi connectivity index (χ0n) is 11.2. The number of fused-ring (bicyclic) bond motifs is 1. The molecule has 1 aromatic rings. The Bertz CT molecular complexity index is 424. The molecule has 2 aliphatic rings. The highest BCUT2D eigenvalue weighted by atomic mass is 16.5. The van der Waals surface area contributed by atoms with E-state index in [-0.39, 0.29) is 0 Å². The van der Waals surface area contributed by atoms with Gasteiger partial charge in [-0.2, -0.15) is 0 Å². The summed E-state index contributed by atoms with van der Waals surface area (Å²) in [6, 6.07) is 9.20. The third-order valence-corrected chi connectivity index (χ3v) is 4.37. The number of para-hydroxylation sites is 1. The number of ether oxygens (including phenoxy) is 1. The molecule has 0 saturated carbocycles. The Morgan fingerprint density at radius 1 is 1.17 bits per heavy atom. The van der Waals surface area contributed by atoms with Crippen molar-refractivity contribution in [3.8, 4) is 5.75 Å². The van der Waals surface area contributed by atoms with Crippen LogP contribution < -0.4 is 10.5 Å². The SMILES string of the molecule is CC1CN(C2c3ccccc3OCC2C)CC1N. The first-order chi connectivity index (χ1) is 8.66. The lowest BCUT2D eigenvalue weighted by Crippen LogP contribution is -2.37. The molecular weight excluding hydrogens is 224 g/mol. The summed E-state index contributed by atoms with van der Waals surface area (Å²) < 4.78 is 5.82. The topological polar surface area (TPSA) is 38.5 Å². The first-order valence-corrected chi connectivity index (χ1v) is 6.88. The molecule has 0 radical (unpaired) electrons. The van der Waals surface area contributed by atoms with Gasteiger partial charge in [0.1, 0.15) is 5.75 Å². The first kappa shape index (κ1) is 12.0. The van der Waals surface area contributed by atoms with Gasteiger partial charge >= 0.3 is 0 Å². The second-order valence-corrected chi connectivity index (χ2v) is 5.87. The van der Waals surface area contributed by atoms with Gasteiger partial charge in [-0.15, -0.1) is 0 Å². The Morgan fingerprint density at radius 2 is 1.94 bits per heavy atom. The highest BCUT2D eigenvalue weighted by Gasteiger charge is 2.37. The van der Waals surface area contributed by atoms with E-state index < -0.39 is 0 Å². The fourth-order valence-corrected chi connectivity index (χ4v) is 3.29. The van der Waals surface area contributed by atoms with E-state index in [9.17, 15) is 0 Å². The smallest absolute Gasteiger partial charge is 0.124 e. The van der Waals surface area contributed by atoms with E-state index in [2.05, 4.69) is 36.9 Å². The molecule has 4 atom stereocenters. The number of nitrogens with two attached hydrogens (primary N) is 1. The molecule has 0 amide bonds. The Hall–Kier alpha value is -1.06. The predicted molar refractivity (Wildman–Crippen MR) is 72.6 cm³/mol. The van der Waals surface area contributed by atoms with Gasteiger partial charge in [-0.1, -0.05) is 32.0 Å². The summed E-state index contributed by atoms with van der Waals surface area (Å²) >= 11 is 0. The van der Waals surface area contributed by atoms with E-state index in [0.717, 1.165) is 25.4 Å². The molecule has 0 aromatic heterocycles. The van der Waals surface area contributed by atoms with Crippen molar-refractivity contribution in [2.24, 2.45) is 17.6 Å². The molecule has 0 aliphatic carbocycles. The Morgan fingerprint density at radius 3 is 2.67 bits per heavy atom. The number of hydrogen-bond acceptors (Lipinski definition) is 3. The van der Waals surface area contributed by atoms with Crippen LogP contribution in [0.4, 0.5) is 0 Å². The second kappa shape index (κ2) is 4.56. The molecule has 3 heteroatoms. The van der Waals surface area contributed by atoms with Crippen molar-refractivity contribution in [1.29, 1.82) is 0 Å². The van der Waals surface area contributed by atoms with Gasteiger partial charge in [0.25, 0.3) is 0 Å². The van der Waals surface area contributed by atoms with Gasteiger partial charge in [-0.05, 0) is 12.0 Å². The van der Waals surface area contributed by atoms with Crippen LogP contribution in [0.5, 0.6) is 5.75 Å². The highest BCUT2D eigenvalue weighted by Crippen LogP contribution is 2.40. The summed E-state index contributed by atoms with van der Waals surface area (Å²) in [6.07, 6.45) is 0. The maximum atomic E-state index is 6.17. The number of hydrogen-bond donors (Lipinski definition) is 1. The van der Waals surface area contributed by atoms with Crippen LogP contribution in [0.3, 0.4) is 0 Å². The molecule has 1 fully saturated rings. The van der Waals surface area contributed by atoms with Crippen LogP contribution in [0, 0.1) is 11.8 Å². The highest BCUT2D eigenvalue weighted by molar-refractivity contribution is 5.38. The van der Waals surface area contributed by atoms with Crippen molar-refractivity contribution >= 4 is 0 Å². The Labute approximate surface area is 109 Å². The number of nitrogens with zero attached hydrogens (tertiary/aromatic N) is 1. The summed E-state index contributed by atoms with van der Waals surface area (Å²) in [7, 11) is 0. The van der Waals surface area contributed by atoms with E-state index in [0.29, 0.717) is 23.9 Å². The lowest BCUT2D eigenvalue weighted by molar-refractivity contribution is 0.106. The molecule has 0 bridgehead atoms. The summed E-state index contributed by atoms with van der Waals surface area (Å²) in [4.78, 5) is 2.54. The summed E-state index contributed by atoms with van der Waals surface area (Å²) in [6.45, 7) is 7.44. The van der Waals surface area contributed by atoms with Crippen molar-refractivity contribution in [2.45, 2.75) is 25.9 Å². The predicted octanol–water partition coefficient (Wildman–Crippen LogP) is 2.04. The summed E-state index contributed by atoms with van der Waals surface area (Å²) in [5.74, 6) is 2.17. The van der Waals surface area contributed by atoms with Crippen molar-refractivity contribution in [2.75, 3.05) is 19.7 Å². The monoisotopic (exact) mass is 246 g/mol. The second-order valence-electron chi connectivity index (χ2n) is 5.87. The van der Waals surface area contributed by atoms with Gasteiger partial charge in [0.05, 0.1) is 6.61 Å². The maximum Gasteiger partial charge on any atom is 0.124 e. The first-order valence-electron chi connectivity index (χ1n) is 6.88. The van der Waals surface area contributed by atoms with Crippen LogP contribution in [-0.2, 0) is 0 Å². The fourth-order valence-electron chi connectivity index (χ4n) is 3.29. The molecule has 2 aliphatic heterocycles. The van der Waals surface area contributed by atoms with E-state index >= 15 is 0 Å². The van der Waals surface area contributed by atoms with Gasteiger partial charge in [-0.3, -0.25) is 4.90 Å². The molecule has 1 saturated heterocycles. The van der Waals surface area contributed by atoms with E-state index in [1.54, 1.807) is 0 Å². The normalized spacial score (nSPS) is 36.2. The maximum absolute atomic E-state index is 6.17. The fraction of sp³-hybridized carbons (Fsp3) is 0.600. The zero-order valence-corrected chi connectivity index (χ0v) is 11.2. The number of rotatable bonds is 1. The quantitative estimate of drug-likeness (QED) is 0.824. The molecule has 18 heavy (non-hydrogen) atoms. The zero-order chi connectivity index (χ0) is 12.7. The van der Waals surface area contributed by atoms with Gasteiger partial charge in [0, 0.05) is 36.7 Å². The van der Waals surface area contributed by atoms with Crippen molar-refractivity contribution in [3.05, 3.63) is 29.8 Å². The van der Waals surface area contributed by atoms with Crippen molar-refractivity contribution in [3.63, 3.8) is 0 Å². The van der Waals surface area contributed by atoms with E-state index in [1.165, 1.54) is 5.56 Å². The standard InChI is InChI=1S/C15H22N2O/c1-10-7-17(8-13(10)16)15-11(2)9-18-14-6-4-3-5-12(14)15/h3-6,10-11,13,15H,7-9,16H2,1-2H3. The Balaban J connectivity index is 1.91. The minimum absolute atomic E-state index is 0.312. The van der Waals surface area contributed by atoms with Crippen LogP contribution >= 0.6 is 0 Å².